The van der Waals surface area contributed by atoms with Gasteiger partial charge in [0.1, 0.15) is 5.82 Å². The minimum atomic E-state index is 0.0174. The molecule has 0 amide bonds. The van der Waals surface area contributed by atoms with E-state index < -0.39 is 0 Å². The van der Waals surface area contributed by atoms with E-state index in [9.17, 15) is 4.79 Å². The van der Waals surface area contributed by atoms with E-state index in [1.54, 1.807) is 0 Å². The highest BCUT2D eigenvalue weighted by atomic mass is 16.1. The van der Waals surface area contributed by atoms with Crippen LogP contribution in [0, 0.1) is 0 Å². The summed E-state index contributed by atoms with van der Waals surface area (Å²) in [7, 11) is 2.07. The third-order valence-electron chi connectivity index (χ3n) is 3.01. The van der Waals surface area contributed by atoms with Crippen molar-refractivity contribution in [3.05, 3.63) is 27.4 Å². The Balaban J connectivity index is 2.36. The molecule has 1 aliphatic rings. The molecule has 0 unspecified atom stereocenters. The molecule has 0 bridgehead atoms. The Morgan fingerprint density at radius 1 is 1.44 bits per heavy atom. The predicted molar refractivity (Wildman–Crippen MR) is 62.5 cm³/mol. The summed E-state index contributed by atoms with van der Waals surface area (Å²) in [6, 6.07) is 0. The molecular weight excluding hydrogens is 204 g/mol. The van der Waals surface area contributed by atoms with Crippen LogP contribution in [0.25, 0.3) is 0 Å². The first kappa shape index (κ1) is 11.3. The standard InChI is InChI=1S/C11H18N4O/c1-15-6-3-8-9(4-7-15)13-10(2-5-12)14-11(8)16/h2-7,12H2,1H3,(H,13,14,16). The van der Waals surface area contributed by atoms with Crippen molar-refractivity contribution >= 4 is 0 Å². The van der Waals surface area contributed by atoms with Gasteiger partial charge in [0.25, 0.3) is 5.56 Å². The molecule has 0 fully saturated rings. The van der Waals surface area contributed by atoms with E-state index >= 15 is 0 Å². The Bertz CT molecular complexity index is 426. The minimum Gasteiger partial charge on any atom is -0.330 e. The number of likely N-dealkylation sites (N-methyl/N-ethyl adjacent to an activating group) is 1. The third-order valence-corrected chi connectivity index (χ3v) is 3.01. The molecule has 1 aliphatic heterocycles. The zero-order chi connectivity index (χ0) is 11.5. The van der Waals surface area contributed by atoms with Crippen molar-refractivity contribution in [1.29, 1.82) is 0 Å². The van der Waals surface area contributed by atoms with E-state index in [4.69, 9.17) is 5.73 Å². The summed E-state index contributed by atoms with van der Waals surface area (Å²) in [5.41, 5.74) is 7.29. The first-order valence-electron chi connectivity index (χ1n) is 5.70. The van der Waals surface area contributed by atoms with Crippen molar-refractivity contribution in [2.75, 3.05) is 26.7 Å². The number of nitrogens with zero attached hydrogens (tertiary/aromatic N) is 2. The number of fused-ring (bicyclic) bond motifs is 1. The molecule has 5 heteroatoms. The van der Waals surface area contributed by atoms with Crippen LogP contribution in [0.3, 0.4) is 0 Å². The number of hydrogen-bond acceptors (Lipinski definition) is 4. The third kappa shape index (κ3) is 2.31. The Morgan fingerprint density at radius 2 is 2.19 bits per heavy atom. The van der Waals surface area contributed by atoms with Crippen LogP contribution >= 0.6 is 0 Å². The van der Waals surface area contributed by atoms with Crippen LogP contribution in [0.1, 0.15) is 17.1 Å². The van der Waals surface area contributed by atoms with Crippen molar-refractivity contribution in [2.45, 2.75) is 19.3 Å². The van der Waals surface area contributed by atoms with Gasteiger partial charge < -0.3 is 15.6 Å². The highest BCUT2D eigenvalue weighted by Gasteiger charge is 2.16. The lowest BCUT2D eigenvalue weighted by atomic mass is 10.1. The fourth-order valence-corrected chi connectivity index (χ4v) is 2.03. The number of aromatic amines is 1. The van der Waals surface area contributed by atoms with Crippen LogP contribution < -0.4 is 11.3 Å². The van der Waals surface area contributed by atoms with Crippen molar-refractivity contribution in [2.24, 2.45) is 5.73 Å². The first-order chi connectivity index (χ1) is 7.70. The largest absolute Gasteiger partial charge is 0.330 e. The average molecular weight is 222 g/mol. The van der Waals surface area contributed by atoms with Gasteiger partial charge in [-0.1, -0.05) is 0 Å². The molecule has 0 aromatic carbocycles. The molecule has 2 rings (SSSR count). The molecule has 88 valence electrons. The van der Waals surface area contributed by atoms with Crippen LogP contribution in [0.4, 0.5) is 0 Å². The van der Waals surface area contributed by atoms with E-state index in [0.717, 1.165) is 43.0 Å². The lowest BCUT2D eigenvalue weighted by Gasteiger charge is -2.10. The summed E-state index contributed by atoms with van der Waals surface area (Å²) < 4.78 is 0. The van der Waals surface area contributed by atoms with Crippen LogP contribution in [-0.2, 0) is 19.3 Å². The molecule has 0 saturated heterocycles. The zero-order valence-electron chi connectivity index (χ0n) is 9.62. The highest BCUT2D eigenvalue weighted by Crippen LogP contribution is 2.09. The Hall–Kier alpha value is -1.20. The Kier molecular flexibility index (Phi) is 3.36. The average Bonchev–Trinajstić information content (AvgIpc) is 2.42. The predicted octanol–water partition coefficient (Wildman–Crippen LogP) is -0.698. The van der Waals surface area contributed by atoms with Gasteiger partial charge in [-0.15, -0.1) is 0 Å². The van der Waals surface area contributed by atoms with Gasteiger partial charge in [-0.3, -0.25) is 4.79 Å². The SMILES string of the molecule is CN1CCc2nc(CCN)[nH]c(=O)c2CC1. The zero-order valence-corrected chi connectivity index (χ0v) is 9.62. The van der Waals surface area contributed by atoms with Crippen molar-refractivity contribution < 1.29 is 0 Å². The van der Waals surface area contributed by atoms with Crippen LogP contribution in [-0.4, -0.2) is 41.5 Å². The van der Waals surface area contributed by atoms with Gasteiger partial charge in [0.15, 0.2) is 0 Å². The maximum absolute atomic E-state index is 11.9. The molecule has 5 nitrogen and oxygen atoms in total. The van der Waals surface area contributed by atoms with E-state index in [-0.39, 0.29) is 5.56 Å². The summed E-state index contributed by atoms with van der Waals surface area (Å²) in [5, 5.41) is 0. The summed E-state index contributed by atoms with van der Waals surface area (Å²) in [6.07, 6.45) is 2.28. The second-order valence-corrected chi connectivity index (χ2v) is 4.28. The molecule has 16 heavy (non-hydrogen) atoms. The first-order valence-corrected chi connectivity index (χ1v) is 5.70. The molecule has 0 aliphatic carbocycles. The summed E-state index contributed by atoms with van der Waals surface area (Å²) in [5.74, 6) is 0.718. The highest BCUT2D eigenvalue weighted by molar-refractivity contribution is 5.20. The minimum absolute atomic E-state index is 0.0174. The molecule has 2 heterocycles. The fraction of sp³-hybridized carbons (Fsp3) is 0.636. The quantitative estimate of drug-likeness (QED) is 0.694. The van der Waals surface area contributed by atoms with Crippen LogP contribution in [0.15, 0.2) is 4.79 Å². The number of H-pyrrole nitrogens is 1. The molecule has 0 radical (unpaired) electrons. The Morgan fingerprint density at radius 3 is 2.94 bits per heavy atom. The van der Waals surface area contributed by atoms with Crippen LogP contribution in [0.5, 0.6) is 0 Å². The second-order valence-electron chi connectivity index (χ2n) is 4.28. The van der Waals surface area contributed by atoms with E-state index in [1.807, 2.05) is 0 Å². The molecule has 1 aromatic heterocycles. The van der Waals surface area contributed by atoms with Gasteiger partial charge in [0, 0.05) is 31.5 Å². The number of rotatable bonds is 2. The van der Waals surface area contributed by atoms with Gasteiger partial charge in [-0.05, 0) is 20.0 Å². The maximum Gasteiger partial charge on any atom is 0.254 e. The normalized spacial score (nSPS) is 16.9. The smallest absolute Gasteiger partial charge is 0.254 e. The molecule has 0 spiro atoms. The maximum atomic E-state index is 11.9. The summed E-state index contributed by atoms with van der Waals surface area (Å²) in [4.78, 5) is 21.4. The summed E-state index contributed by atoms with van der Waals surface area (Å²) in [6.45, 7) is 2.40. The van der Waals surface area contributed by atoms with Crippen molar-refractivity contribution in [1.82, 2.24) is 14.9 Å². The van der Waals surface area contributed by atoms with Gasteiger partial charge in [0.05, 0.1) is 5.69 Å². The summed E-state index contributed by atoms with van der Waals surface area (Å²) >= 11 is 0. The van der Waals surface area contributed by atoms with Gasteiger partial charge in [0.2, 0.25) is 0 Å². The lowest BCUT2D eigenvalue weighted by Crippen LogP contribution is -2.22. The lowest BCUT2D eigenvalue weighted by molar-refractivity contribution is 0.351. The number of aromatic nitrogens is 2. The topological polar surface area (TPSA) is 75.0 Å². The van der Waals surface area contributed by atoms with Gasteiger partial charge in [-0.25, -0.2) is 4.98 Å². The van der Waals surface area contributed by atoms with E-state index in [2.05, 4.69) is 21.9 Å². The number of hydrogen-bond donors (Lipinski definition) is 2. The fourth-order valence-electron chi connectivity index (χ4n) is 2.03. The molecule has 0 saturated carbocycles. The Labute approximate surface area is 94.7 Å². The molecule has 3 N–H and O–H groups in total. The molecule has 1 aromatic rings. The number of nitrogens with one attached hydrogen (secondary N) is 1. The van der Waals surface area contributed by atoms with E-state index in [1.165, 1.54) is 0 Å². The van der Waals surface area contributed by atoms with Gasteiger partial charge >= 0.3 is 0 Å². The molecule has 0 atom stereocenters. The number of nitrogens with two attached hydrogens (primary N) is 1. The van der Waals surface area contributed by atoms with E-state index in [0.29, 0.717) is 13.0 Å². The van der Waals surface area contributed by atoms with Crippen molar-refractivity contribution in [3.63, 3.8) is 0 Å². The van der Waals surface area contributed by atoms with Gasteiger partial charge in [-0.2, -0.15) is 0 Å². The monoisotopic (exact) mass is 222 g/mol. The van der Waals surface area contributed by atoms with Crippen molar-refractivity contribution in [3.8, 4) is 0 Å². The molecular formula is C11H18N4O. The van der Waals surface area contributed by atoms with Crippen LogP contribution in [0.2, 0.25) is 0 Å². The second kappa shape index (κ2) is 4.76.